The van der Waals surface area contributed by atoms with E-state index in [1.165, 1.54) is 50.2 Å². The van der Waals surface area contributed by atoms with Gasteiger partial charge in [-0.2, -0.15) is 11.8 Å². The molecule has 74 valence electrons. The first-order chi connectivity index (χ1) is 6.41. The van der Waals surface area contributed by atoms with E-state index in [1.807, 2.05) is 0 Å². The molecule has 2 aliphatic heterocycles. The first-order valence-corrected chi connectivity index (χ1v) is 6.87. The highest BCUT2D eigenvalue weighted by molar-refractivity contribution is 7.99. The van der Waals surface area contributed by atoms with Crippen molar-refractivity contribution in [3.05, 3.63) is 0 Å². The van der Waals surface area contributed by atoms with Crippen molar-refractivity contribution in [2.75, 3.05) is 18.1 Å². The van der Waals surface area contributed by atoms with Gasteiger partial charge < -0.3 is 5.32 Å². The maximum atomic E-state index is 3.80. The van der Waals surface area contributed by atoms with Crippen LogP contribution in [0.25, 0.3) is 0 Å². The molecule has 0 aromatic rings. The van der Waals surface area contributed by atoms with E-state index in [9.17, 15) is 0 Å². The highest BCUT2D eigenvalue weighted by Crippen LogP contribution is 2.52. The van der Waals surface area contributed by atoms with E-state index >= 15 is 0 Å². The lowest BCUT2D eigenvalue weighted by Crippen LogP contribution is -2.59. The van der Waals surface area contributed by atoms with Gasteiger partial charge in [0.2, 0.25) is 0 Å². The Hall–Kier alpha value is 0.310. The normalized spacial score (nSPS) is 42.5. The zero-order valence-corrected chi connectivity index (χ0v) is 9.04. The summed E-state index contributed by atoms with van der Waals surface area (Å²) in [5.74, 6) is 3.88. The maximum absolute atomic E-state index is 3.80. The van der Waals surface area contributed by atoms with Crippen molar-refractivity contribution in [1.29, 1.82) is 0 Å². The fourth-order valence-corrected chi connectivity index (χ4v) is 5.10. The molecule has 1 aliphatic carbocycles. The van der Waals surface area contributed by atoms with Crippen LogP contribution >= 0.6 is 11.8 Å². The number of nitrogens with one attached hydrogen (secondary N) is 1. The number of hydrogen-bond acceptors (Lipinski definition) is 2. The van der Waals surface area contributed by atoms with Crippen LogP contribution in [0.2, 0.25) is 0 Å². The molecule has 2 saturated heterocycles. The molecule has 0 radical (unpaired) electrons. The molecular weight excluding hydrogens is 178 g/mol. The predicted octanol–water partition coefficient (Wildman–Crippen LogP) is 2.27. The van der Waals surface area contributed by atoms with Crippen molar-refractivity contribution in [1.82, 2.24) is 5.32 Å². The molecule has 2 atom stereocenters. The van der Waals surface area contributed by atoms with Crippen LogP contribution in [-0.2, 0) is 0 Å². The Morgan fingerprint density at radius 3 is 2.92 bits per heavy atom. The quantitative estimate of drug-likeness (QED) is 0.639. The van der Waals surface area contributed by atoms with Crippen LogP contribution in [0.4, 0.5) is 0 Å². The van der Waals surface area contributed by atoms with Crippen LogP contribution in [-0.4, -0.2) is 24.1 Å². The van der Waals surface area contributed by atoms with Gasteiger partial charge >= 0.3 is 0 Å². The van der Waals surface area contributed by atoms with Gasteiger partial charge in [0.25, 0.3) is 0 Å². The Morgan fingerprint density at radius 2 is 2.15 bits per heavy atom. The zero-order chi connectivity index (χ0) is 8.73. The molecule has 3 rings (SSSR count). The van der Waals surface area contributed by atoms with Gasteiger partial charge in [0, 0.05) is 11.8 Å². The van der Waals surface area contributed by atoms with Gasteiger partial charge in [0.15, 0.2) is 0 Å². The van der Waals surface area contributed by atoms with Crippen molar-refractivity contribution in [2.24, 2.45) is 11.3 Å². The SMILES string of the molecule is C1CNC2C(C1)CSCC21CCC1. The predicted molar refractivity (Wildman–Crippen MR) is 58.1 cm³/mol. The summed E-state index contributed by atoms with van der Waals surface area (Å²) in [6, 6.07) is 0.899. The Morgan fingerprint density at radius 1 is 1.23 bits per heavy atom. The third-order valence-electron chi connectivity index (χ3n) is 4.32. The average molecular weight is 197 g/mol. The first-order valence-electron chi connectivity index (χ1n) is 5.72. The van der Waals surface area contributed by atoms with E-state index in [-0.39, 0.29) is 0 Å². The second kappa shape index (κ2) is 3.16. The molecule has 0 aromatic carbocycles. The fraction of sp³-hybridized carbons (Fsp3) is 1.00. The third-order valence-corrected chi connectivity index (χ3v) is 5.76. The number of piperidine rings is 1. The number of hydrogen-bond donors (Lipinski definition) is 1. The molecule has 0 aromatic heterocycles. The fourth-order valence-electron chi connectivity index (χ4n) is 3.44. The lowest BCUT2D eigenvalue weighted by atomic mass is 9.61. The molecule has 3 fully saturated rings. The molecule has 13 heavy (non-hydrogen) atoms. The molecule has 0 bridgehead atoms. The lowest BCUT2D eigenvalue weighted by molar-refractivity contribution is 0.0514. The minimum Gasteiger partial charge on any atom is -0.313 e. The maximum Gasteiger partial charge on any atom is 0.0167 e. The Kier molecular flexibility index (Phi) is 2.09. The average Bonchev–Trinajstić information content (AvgIpc) is 2.14. The Balaban J connectivity index is 1.80. The van der Waals surface area contributed by atoms with Gasteiger partial charge in [0.05, 0.1) is 0 Å². The summed E-state index contributed by atoms with van der Waals surface area (Å²) >= 11 is 2.22. The summed E-state index contributed by atoms with van der Waals surface area (Å²) in [5, 5.41) is 3.80. The van der Waals surface area contributed by atoms with Crippen LogP contribution in [0, 0.1) is 11.3 Å². The summed E-state index contributed by atoms with van der Waals surface area (Å²) in [6.45, 7) is 1.29. The summed E-state index contributed by atoms with van der Waals surface area (Å²) < 4.78 is 0. The molecule has 1 spiro atoms. The van der Waals surface area contributed by atoms with E-state index in [4.69, 9.17) is 0 Å². The van der Waals surface area contributed by atoms with Crippen molar-refractivity contribution >= 4 is 11.8 Å². The second-order valence-corrected chi connectivity index (χ2v) is 6.10. The molecule has 1 nitrogen and oxygen atoms in total. The topological polar surface area (TPSA) is 12.0 Å². The highest BCUT2D eigenvalue weighted by atomic mass is 32.2. The molecule has 2 heteroatoms. The van der Waals surface area contributed by atoms with Crippen molar-refractivity contribution in [3.63, 3.8) is 0 Å². The van der Waals surface area contributed by atoms with Gasteiger partial charge in [-0.1, -0.05) is 6.42 Å². The van der Waals surface area contributed by atoms with Crippen LogP contribution < -0.4 is 5.32 Å². The molecule has 3 aliphatic rings. The smallest absolute Gasteiger partial charge is 0.0167 e. The van der Waals surface area contributed by atoms with Crippen LogP contribution in [0.3, 0.4) is 0 Å². The van der Waals surface area contributed by atoms with E-state index in [1.54, 1.807) is 0 Å². The van der Waals surface area contributed by atoms with Crippen LogP contribution in [0.1, 0.15) is 32.1 Å². The van der Waals surface area contributed by atoms with Crippen LogP contribution in [0.5, 0.6) is 0 Å². The van der Waals surface area contributed by atoms with E-state index < -0.39 is 0 Å². The molecule has 2 heterocycles. The molecule has 1 saturated carbocycles. The summed E-state index contributed by atoms with van der Waals surface area (Å²) in [5.41, 5.74) is 0.744. The minimum absolute atomic E-state index is 0.744. The monoisotopic (exact) mass is 197 g/mol. The Labute approximate surface area is 85.0 Å². The summed E-state index contributed by atoms with van der Waals surface area (Å²) in [4.78, 5) is 0. The summed E-state index contributed by atoms with van der Waals surface area (Å²) in [6.07, 6.45) is 7.41. The van der Waals surface area contributed by atoms with Gasteiger partial charge in [-0.15, -0.1) is 0 Å². The number of thioether (sulfide) groups is 1. The number of rotatable bonds is 0. The van der Waals surface area contributed by atoms with Gasteiger partial charge in [-0.05, 0) is 49.3 Å². The molecule has 2 unspecified atom stereocenters. The van der Waals surface area contributed by atoms with Crippen molar-refractivity contribution in [3.8, 4) is 0 Å². The van der Waals surface area contributed by atoms with E-state index in [0.717, 1.165) is 17.4 Å². The lowest BCUT2D eigenvalue weighted by Gasteiger charge is -2.55. The zero-order valence-electron chi connectivity index (χ0n) is 8.22. The largest absolute Gasteiger partial charge is 0.313 e. The first kappa shape index (κ1) is 8.60. The van der Waals surface area contributed by atoms with Crippen molar-refractivity contribution in [2.45, 2.75) is 38.1 Å². The van der Waals surface area contributed by atoms with Crippen LogP contribution in [0.15, 0.2) is 0 Å². The van der Waals surface area contributed by atoms with E-state index in [0.29, 0.717) is 0 Å². The highest BCUT2D eigenvalue weighted by Gasteiger charge is 2.49. The van der Waals surface area contributed by atoms with Gasteiger partial charge in [-0.25, -0.2) is 0 Å². The summed E-state index contributed by atoms with van der Waals surface area (Å²) in [7, 11) is 0. The standard InChI is InChI=1S/C11H19NS/c1-3-9-7-13-8-11(4-2-5-11)10(9)12-6-1/h9-10,12H,1-8H2. The van der Waals surface area contributed by atoms with E-state index in [2.05, 4.69) is 17.1 Å². The minimum atomic E-state index is 0.744. The number of fused-ring (bicyclic) bond motifs is 2. The molecule has 0 amide bonds. The molecule has 1 N–H and O–H groups in total. The third kappa shape index (κ3) is 1.25. The van der Waals surface area contributed by atoms with Gasteiger partial charge in [0.1, 0.15) is 0 Å². The Bertz CT molecular complexity index is 198. The van der Waals surface area contributed by atoms with Crippen molar-refractivity contribution < 1.29 is 0 Å². The second-order valence-electron chi connectivity index (χ2n) is 5.07. The molecular formula is C11H19NS. The van der Waals surface area contributed by atoms with Gasteiger partial charge in [-0.3, -0.25) is 0 Å².